The highest BCUT2D eigenvalue weighted by Crippen LogP contribution is 2.09. The number of aliphatic hydroxyl groups is 1. The van der Waals surface area contributed by atoms with Gasteiger partial charge in [0.2, 0.25) is 0 Å². The quantitative estimate of drug-likeness (QED) is 0.625. The Balaban J connectivity index is 2.62. The fourth-order valence-corrected chi connectivity index (χ4v) is 1.70. The molecule has 0 amide bonds. The third-order valence-electron chi connectivity index (χ3n) is 2.63. The number of nitrogens with one attached hydrogen (secondary N) is 1. The molecule has 0 fully saturated rings. The van der Waals surface area contributed by atoms with Crippen molar-refractivity contribution in [2.45, 2.75) is 19.0 Å². The summed E-state index contributed by atoms with van der Waals surface area (Å²) in [6.45, 7) is 0.907. The first-order chi connectivity index (χ1) is 8.67. The van der Waals surface area contributed by atoms with Crippen LogP contribution in [0.3, 0.4) is 0 Å². The van der Waals surface area contributed by atoms with Gasteiger partial charge in [0, 0.05) is 13.7 Å². The molecule has 100 valence electrons. The normalized spacial score (nSPS) is 12.3. The van der Waals surface area contributed by atoms with E-state index in [9.17, 15) is 4.79 Å². The largest absolute Gasteiger partial charge is 0.481 e. The minimum absolute atomic E-state index is 0.00588. The second-order valence-electron chi connectivity index (χ2n) is 4.05. The van der Waals surface area contributed by atoms with Gasteiger partial charge in [0.25, 0.3) is 0 Å². The molecule has 3 N–H and O–H groups in total. The third-order valence-corrected chi connectivity index (χ3v) is 2.63. The van der Waals surface area contributed by atoms with Gasteiger partial charge in [-0.25, -0.2) is 0 Å². The van der Waals surface area contributed by atoms with Gasteiger partial charge in [-0.1, -0.05) is 24.3 Å². The average molecular weight is 253 g/mol. The van der Waals surface area contributed by atoms with Gasteiger partial charge in [-0.15, -0.1) is 0 Å². The molecule has 1 atom stereocenters. The van der Waals surface area contributed by atoms with Crippen LogP contribution in [0.25, 0.3) is 0 Å². The fraction of sp³-hybridized carbons (Fsp3) is 0.462. The summed E-state index contributed by atoms with van der Waals surface area (Å²) in [5.74, 6) is -0.849. The topological polar surface area (TPSA) is 78.8 Å². The third kappa shape index (κ3) is 4.83. The molecule has 18 heavy (non-hydrogen) atoms. The lowest BCUT2D eigenvalue weighted by Gasteiger charge is -2.16. The molecule has 1 unspecified atom stereocenters. The Kier molecular flexibility index (Phi) is 6.35. The van der Waals surface area contributed by atoms with Gasteiger partial charge in [-0.05, 0) is 11.1 Å². The van der Waals surface area contributed by atoms with Gasteiger partial charge >= 0.3 is 5.97 Å². The van der Waals surface area contributed by atoms with E-state index in [1.54, 1.807) is 13.2 Å². The highest BCUT2D eigenvalue weighted by atomic mass is 16.5. The first-order valence-electron chi connectivity index (χ1n) is 5.79. The van der Waals surface area contributed by atoms with Crippen LogP contribution in [0.5, 0.6) is 0 Å². The zero-order valence-corrected chi connectivity index (χ0v) is 10.4. The summed E-state index contributed by atoms with van der Waals surface area (Å²) in [4.78, 5) is 10.7. The predicted molar refractivity (Wildman–Crippen MR) is 67.4 cm³/mol. The van der Waals surface area contributed by atoms with Crippen LogP contribution in [0.4, 0.5) is 0 Å². The van der Waals surface area contributed by atoms with Gasteiger partial charge in [0.1, 0.15) is 0 Å². The molecular formula is C13H19NO4. The number of hydrogen-bond donors (Lipinski definition) is 3. The van der Waals surface area contributed by atoms with Crippen LogP contribution >= 0.6 is 0 Å². The smallest absolute Gasteiger partial charge is 0.307 e. The summed E-state index contributed by atoms with van der Waals surface area (Å²) < 4.78 is 4.96. The van der Waals surface area contributed by atoms with Crippen LogP contribution < -0.4 is 5.32 Å². The van der Waals surface area contributed by atoms with E-state index in [1.165, 1.54) is 0 Å². The number of aliphatic hydroxyl groups excluding tert-OH is 1. The molecule has 1 aromatic carbocycles. The van der Waals surface area contributed by atoms with Crippen LogP contribution in [0.15, 0.2) is 24.3 Å². The molecule has 1 rings (SSSR count). The maximum Gasteiger partial charge on any atom is 0.307 e. The Morgan fingerprint density at radius 3 is 2.61 bits per heavy atom. The van der Waals surface area contributed by atoms with Crippen molar-refractivity contribution >= 4 is 5.97 Å². The molecule has 5 nitrogen and oxygen atoms in total. The number of benzene rings is 1. The number of hydrogen-bond acceptors (Lipinski definition) is 4. The van der Waals surface area contributed by atoms with Crippen molar-refractivity contribution in [2.75, 3.05) is 20.3 Å². The van der Waals surface area contributed by atoms with Crippen molar-refractivity contribution in [3.8, 4) is 0 Å². The Morgan fingerprint density at radius 1 is 1.39 bits per heavy atom. The van der Waals surface area contributed by atoms with Crippen LogP contribution in [0.1, 0.15) is 11.1 Å². The molecule has 0 spiro atoms. The molecule has 0 saturated carbocycles. The summed E-state index contributed by atoms with van der Waals surface area (Å²) in [7, 11) is 1.57. The summed E-state index contributed by atoms with van der Waals surface area (Å²) in [5.41, 5.74) is 1.71. The minimum atomic E-state index is -0.849. The van der Waals surface area contributed by atoms with Gasteiger partial charge < -0.3 is 20.3 Å². The van der Waals surface area contributed by atoms with Crippen molar-refractivity contribution in [1.82, 2.24) is 5.32 Å². The van der Waals surface area contributed by atoms with E-state index in [-0.39, 0.29) is 19.1 Å². The molecule has 1 aromatic rings. The molecule has 0 aromatic heterocycles. The molecule has 0 saturated heterocycles. The van der Waals surface area contributed by atoms with E-state index in [1.807, 2.05) is 18.2 Å². The second kappa shape index (κ2) is 7.81. The fourth-order valence-electron chi connectivity index (χ4n) is 1.70. The second-order valence-corrected chi connectivity index (χ2v) is 4.05. The van der Waals surface area contributed by atoms with E-state index in [0.29, 0.717) is 13.2 Å². The molecule has 0 radical (unpaired) electrons. The lowest BCUT2D eigenvalue weighted by Crippen LogP contribution is -2.36. The van der Waals surface area contributed by atoms with Crippen molar-refractivity contribution in [3.05, 3.63) is 35.4 Å². The van der Waals surface area contributed by atoms with Crippen LogP contribution in [0.2, 0.25) is 0 Å². The molecule has 0 aliphatic carbocycles. The lowest BCUT2D eigenvalue weighted by atomic mass is 10.0. The number of methoxy groups -OCH3 is 1. The monoisotopic (exact) mass is 253 g/mol. The van der Waals surface area contributed by atoms with Crippen molar-refractivity contribution < 1.29 is 19.7 Å². The van der Waals surface area contributed by atoms with E-state index < -0.39 is 5.97 Å². The number of aliphatic carboxylic acids is 1. The SMILES string of the molecule is COCC(CO)NCc1ccccc1CC(=O)O. The van der Waals surface area contributed by atoms with Gasteiger partial charge in [-0.2, -0.15) is 0 Å². The molecule has 0 bridgehead atoms. The van der Waals surface area contributed by atoms with Crippen LogP contribution in [-0.4, -0.2) is 42.5 Å². The van der Waals surface area contributed by atoms with Crippen molar-refractivity contribution in [1.29, 1.82) is 0 Å². The number of carboxylic acids is 1. The van der Waals surface area contributed by atoms with Crippen LogP contribution in [0, 0.1) is 0 Å². The highest BCUT2D eigenvalue weighted by molar-refractivity contribution is 5.70. The van der Waals surface area contributed by atoms with E-state index in [0.717, 1.165) is 11.1 Å². The molecular weight excluding hydrogens is 234 g/mol. The van der Waals surface area contributed by atoms with Crippen molar-refractivity contribution in [2.24, 2.45) is 0 Å². The maximum absolute atomic E-state index is 10.7. The zero-order chi connectivity index (χ0) is 13.4. The average Bonchev–Trinajstić information content (AvgIpc) is 2.35. The molecule has 0 heterocycles. The molecule has 0 aliphatic rings. The Labute approximate surface area is 106 Å². The standard InChI is InChI=1S/C13H19NO4/c1-18-9-12(8-15)14-7-11-5-3-2-4-10(11)6-13(16)17/h2-5,12,14-15H,6-9H2,1H3,(H,16,17). The van der Waals surface area contributed by atoms with Gasteiger partial charge in [0.05, 0.1) is 25.7 Å². The van der Waals surface area contributed by atoms with Gasteiger partial charge in [-0.3, -0.25) is 4.79 Å². The zero-order valence-electron chi connectivity index (χ0n) is 10.4. The summed E-state index contributed by atoms with van der Waals surface area (Å²) >= 11 is 0. The summed E-state index contributed by atoms with van der Waals surface area (Å²) in [6, 6.07) is 7.22. The van der Waals surface area contributed by atoms with E-state index in [4.69, 9.17) is 14.9 Å². The molecule has 0 aliphatic heterocycles. The van der Waals surface area contributed by atoms with Crippen LogP contribution in [-0.2, 0) is 22.5 Å². The first kappa shape index (κ1) is 14.6. The Hall–Kier alpha value is -1.43. The lowest BCUT2D eigenvalue weighted by molar-refractivity contribution is -0.136. The number of carbonyl (C=O) groups is 1. The minimum Gasteiger partial charge on any atom is -0.481 e. The number of rotatable bonds is 8. The van der Waals surface area contributed by atoms with Gasteiger partial charge in [0.15, 0.2) is 0 Å². The Morgan fingerprint density at radius 2 is 2.06 bits per heavy atom. The highest BCUT2D eigenvalue weighted by Gasteiger charge is 2.09. The van der Waals surface area contributed by atoms with E-state index >= 15 is 0 Å². The summed E-state index contributed by atoms with van der Waals surface area (Å²) in [5, 5.41) is 21.1. The van der Waals surface area contributed by atoms with Crippen molar-refractivity contribution in [3.63, 3.8) is 0 Å². The molecule has 5 heteroatoms. The van der Waals surface area contributed by atoms with E-state index in [2.05, 4.69) is 5.32 Å². The summed E-state index contributed by atoms with van der Waals surface area (Å²) in [6.07, 6.45) is 0.00588. The predicted octanol–water partition coefficient (Wildman–Crippen LogP) is 0.411. The Bertz CT molecular complexity index is 381. The number of carboxylic acid groups (broad SMARTS) is 1. The number of ether oxygens (including phenoxy) is 1. The first-order valence-corrected chi connectivity index (χ1v) is 5.79. The maximum atomic E-state index is 10.7.